The van der Waals surface area contributed by atoms with Crippen LogP contribution in [0.5, 0.6) is 0 Å². The summed E-state index contributed by atoms with van der Waals surface area (Å²) < 4.78 is 0. The fraction of sp³-hybridized carbons (Fsp3) is 0.444. The minimum Gasteiger partial charge on any atom is -0.391 e. The standard InChI is InChI=1S/C18H24N4OS/c1-13(2)24-16-8-4-3-7-15(16)20-18-19-10-9-17(21-18)22-11-5-6-14(23)12-22/h3-4,7-10,13-14,23H,5-6,11-12H2,1-2H3,(H,19,20,21). The number of benzene rings is 1. The highest BCUT2D eigenvalue weighted by molar-refractivity contribution is 8.00. The van der Waals surface area contributed by atoms with Crippen LogP contribution >= 0.6 is 11.8 Å². The lowest BCUT2D eigenvalue weighted by molar-refractivity contribution is 0.154. The van der Waals surface area contributed by atoms with Crippen LogP contribution in [-0.2, 0) is 0 Å². The molecule has 0 saturated carbocycles. The Morgan fingerprint density at radius 2 is 2.12 bits per heavy atom. The molecular formula is C18H24N4OS. The summed E-state index contributed by atoms with van der Waals surface area (Å²) in [7, 11) is 0. The van der Waals surface area contributed by atoms with Crippen molar-refractivity contribution in [3.05, 3.63) is 36.5 Å². The topological polar surface area (TPSA) is 61.3 Å². The van der Waals surface area contributed by atoms with Gasteiger partial charge in [-0.3, -0.25) is 0 Å². The molecule has 5 nitrogen and oxygen atoms in total. The van der Waals surface area contributed by atoms with E-state index in [4.69, 9.17) is 0 Å². The van der Waals surface area contributed by atoms with Crippen molar-refractivity contribution >= 4 is 29.2 Å². The first-order valence-electron chi connectivity index (χ1n) is 8.40. The zero-order valence-corrected chi connectivity index (χ0v) is 15.0. The summed E-state index contributed by atoms with van der Waals surface area (Å²) in [5.74, 6) is 1.45. The third-order valence-electron chi connectivity index (χ3n) is 3.86. The van der Waals surface area contributed by atoms with Crippen LogP contribution in [0.4, 0.5) is 17.5 Å². The highest BCUT2D eigenvalue weighted by Crippen LogP contribution is 2.31. The van der Waals surface area contributed by atoms with Crippen LogP contribution in [0, 0.1) is 0 Å². The minimum atomic E-state index is -0.270. The Hall–Kier alpha value is -1.79. The van der Waals surface area contributed by atoms with Crippen LogP contribution in [-0.4, -0.2) is 39.5 Å². The monoisotopic (exact) mass is 344 g/mol. The summed E-state index contributed by atoms with van der Waals surface area (Å²) in [4.78, 5) is 12.3. The number of piperidine rings is 1. The summed E-state index contributed by atoms with van der Waals surface area (Å²) in [6.07, 6.45) is 3.35. The number of aliphatic hydroxyl groups is 1. The summed E-state index contributed by atoms with van der Waals surface area (Å²) in [6, 6.07) is 10.1. The summed E-state index contributed by atoms with van der Waals surface area (Å²) in [5.41, 5.74) is 1.02. The fourth-order valence-electron chi connectivity index (χ4n) is 2.80. The van der Waals surface area contributed by atoms with Crippen LogP contribution in [0.3, 0.4) is 0 Å². The van der Waals surface area contributed by atoms with Gasteiger partial charge >= 0.3 is 0 Å². The number of aromatic nitrogens is 2. The number of aliphatic hydroxyl groups excluding tert-OH is 1. The van der Waals surface area contributed by atoms with E-state index in [-0.39, 0.29) is 6.10 Å². The molecule has 24 heavy (non-hydrogen) atoms. The maximum absolute atomic E-state index is 9.86. The number of hydrogen-bond acceptors (Lipinski definition) is 6. The molecule has 1 aliphatic heterocycles. The van der Waals surface area contributed by atoms with Gasteiger partial charge in [0, 0.05) is 29.4 Å². The van der Waals surface area contributed by atoms with E-state index in [1.165, 1.54) is 4.90 Å². The zero-order valence-electron chi connectivity index (χ0n) is 14.1. The van der Waals surface area contributed by atoms with E-state index in [0.29, 0.717) is 17.7 Å². The van der Waals surface area contributed by atoms with Gasteiger partial charge in [-0.2, -0.15) is 4.98 Å². The Kier molecular flexibility index (Phi) is 5.58. The van der Waals surface area contributed by atoms with Gasteiger partial charge in [-0.1, -0.05) is 26.0 Å². The molecule has 2 heterocycles. The smallest absolute Gasteiger partial charge is 0.229 e. The van der Waals surface area contributed by atoms with Gasteiger partial charge in [0.05, 0.1) is 11.8 Å². The van der Waals surface area contributed by atoms with Gasteiger partial charge in [0.1, 0.15) is 5.82 Å². The second-order valence-electron chi connectivity index (χ2n) is 6.27. The van der Waals surface area contributed by atoms with E-state index in [0.717, 1.165) is 30.9 Å². The van der Waals surface area contributed by atoms with Gasteiger partial charge in [0.2, 0.25) is 5.95 Å². The van der Waals surface area contributed by atoms with Crippen molar-refractivity contribution in [1.82, 2.24) is 9.97 Å². The van der Waals surface area contributed by atoms with Crippen LogP contribution in [0.2, 0.25) is 0 Å². The Balaban J connectivity index is 1.78. The molecule has 0 amide bonds. The number of β-amino-alcohol motifs (C(OH)–C–C–N with tert-alkyl or cyclic N) is 1. The first kappa shape index (κ1) is 17.0. The van der Waals surface area contributed by atoms with Gasteiger partial charge in [-0.15, -0.1) is 11.8 Å². The molecule has 1 fully saturated rings. The Bertz CT molecular complexity index is 680. The largest absolute Gasteiger partial charge is 0.391 e. The number of thioether (sulfide) groups is 1. The molecule has 2 aromatic rings. The SMILES string of the molecule is CC(C)Sc1ccccc1Nc1nccc(N2CCCC(O)C2)n1. The molecule has 0 bridgehead atoms. The predicted molar refractivity (Wildman–Crippen MR) is 100 cm³/mol. The van der Waals surface area contributed by atoms with E-state index in [9.17, 15) is 5.11 Å². The van der Waals surface area contributed by atoms with E-state index < -0.39 is 0 Å². The van der Waals surface area contributed by atoms with Crippen molar-refractivity contribution < 1.29 is 5.11 Å². The van der Waals surface area contributed by atoms with E-state index in [1.807, 2.05) is 36.0 Å². The maximum atomic E-state index is 9.86. The molecule has 3 rings (SSSR count). The molecule has 2 N–H and O–H groups in total. The predicted octanol–water partition coefficient (Wildman–Crippen LogP) is 3.68. The zero-order chi connectivity index (χ0) is 16.9. The van der Waals surface area contributed by atoms with Crippen molar-refractivity contribution in [2.24, 2.45) is 0 Å². The molecule has 0 spiro atoms. The lowest BCUT2D eigenvalue weighted by Gasteiger charge is -2.31. The van der Waals surface area contributed by atoms with Crippen LogP contribution < -0.4 is 10.2 Å². The number of anilines is 3. The summed E-state index contributed by atoms with van der Waals surface area (Å²) >= 11 is 1.82. The molecule has 0 radical (unpaired) electrons. The Morgan fingerprint density at radius 3 is 2.92 bits per heavy atom. The quantitative estimate of drug-likeness (QED) is 0.807. The van der Waals surface area contributed by atoms with E-state index >= 15 is 0 Å². The summed E-state index contributed by atoms with van der Waals surface area (Å²) in [5, 5.41) is 13.7. The number of nitrogens with zero attached hydrogens (tertiary/aromatic N) is 3. The van der Waals surface area contributed by atoms with Gasteiger partial charge in [0.15, 0.2) is 0 Å². The third kappa shape index (κ3) is 4.39. The highest BCUT2D eigenvalue weighted by atomic mass is 32.2. The third-order valence-corrected chi connectivity index (χ3v) is 4.94. The first-order valence-corrected chi connectivity index (χ1v) is 9.28. The van der Waals surface area contributed by atoms with Crippen molar-refractivity contribution in [1.29, 1.82) is 0 Å². The van der Waals surface area contributed by atoms with Gasteiger partial charge in [-0.05, 0) is 31.0 Å². The first-order chi connectivity index (χ1) is 11.6. The lowest BCUT2D eigenvalue weighted by Crippen LogP contribution is -2.38. The van der Waals surface area contributed by atoms with Crippen molar-refractivity contribution in [2.45, 2.75) is 42.9 Å². The van der Waals surface area contributed by atoms with Gasteiger partial charge in [-0.25, -0.2) is 4.98 Å². The van der Waals surface area contributed by atoms with E-state index in [1.54, 1.807) is 6.20 Å². The van der Waals surface area contributed by atoms with E-state index in [2.05, 4.69) is 40.1 Å². The molecule has 1 atom stereocenters. The average Bonchev–Trinajstić information content (AvgIpc) is 2.56. The minimum absolute atomic E-state index is 0.270. The van der Waals surface area contributed by atoms with Crippen LogP contribution in [0.1, 0.15) is 26.7 Å². The molecule has 1 unspecified atom stereocenters. The second-order valence-corrected chi connectivity index (χ2v) is 7.89. The van der Waals surface area contributed by atoms with Crippen molar-refractivity contribution in [3.8, 4) is 0 Å². The fourth-order valence-corrected chi connectivity index (χ4v) is 3.71. The Morgan fingerprint density at radius 1 is 1.29 bits per heavy atom. The number of para-hydroxylation sites is 1. The average molecular weight is 344 g/mol. The lowest BCUT2D eigenvalue weighted by atomic mass is 10.1. The van der Waals surface area contributed by atoms with Crippen molar-refractivity contribution in [2.75, 3.05) is 23.3 Å². The molecule has 128 valence electrons. The number of nitrogens with one attached hydrogen (secondary N) is 1. The molecule has 1 aromatic carbocycles. The van der Waals surface area contributed by atoms with Crippen molar-refractivity contribution in [3.63, 3.8) is 0 Å². The second kappa shape index (κ2) is 7.85. The molecule has 1 aliphatic rings. The molecule has 1 saturated heterocycles. The number of rotatable bonds is 5. The van der Waals surface area contributed by atoms with Crippen LogP contribution in [0.25, 0.3) is 0 Å². The molecule has 6 heteroatoms. The summed E-state index contributed by atoms with van der Waals surface area (Å²) in [6.45, 7) is 5.92. The van der Waals surface area contributed by atoms with Gasteiger partial charge < -0.3 is 15.3 Å². The van der Waals surface area contributed by atoms with Crippen LogP contribution in [0.15, 0.2) is 41.4 Å². The molecular weight excluding hydrogens is 320 g/mol. The molecule has 0 aliphatic carbocycles. The molecule has 1 aromatic heterocycles. The maximum Gasteiger partial charge on any atom is 0.229 e. The highest BCUT2D eigenvalue weighted by Gasteiger charge is 2.19. The normalized spacial score (nSPS) is 18.0. The number of hydrogen-bond donors (Lipinski definition) is 2. The van der Waals surface area contributed by atoms with Gasteiger partial charge in [0.25, 0.3) is 0 Å². The Labute approximate surface area is 147 Å².